The van der Waals surface area contributed by atoms with Crippen LogP contribution in [-0.2, 0) is 0 Å². The summed E-state index contributed by atoms with van der Waals surface area (Å²) in [6.45, 7) is 28.7. The fourth-order valence-corrected chi connectivity index (χ4v) is 3.85. The Morgan fingerprint density at radius 1 is 0.833 bits per heavy atom. The summed E-state index contributed by atoms with van der Waals surface area (Å²) in [4.78, 5) is 0. The third kappa shape index (κ3) is 6.08. The predicted molar refractivity (Wildman–Crippen MR) is 110 cm³/mol. The zero-order chi connectivity index (χ0) is 19.1. The summed E-state index contributed by atoms with van der Waals surface area (Å²) in [7, 11) is 0. The standard InChI is InChI=1S/C24H44/c1-21(2,3)16-20(24(10,11)12)17-13-18(22(4,5)6)15-19(14-17)23(7,8)9/h13,15,17,20H,14,16H2,1-12H3. The molecule has 1 aliphatic carbocycles. The molecular weight excluding hydrogens is 288 g/mol. The average Bonchev–Trinajstić information content (AvgIpc) is 2.31. The van der Waals surface area contributed by atoms with Crippen molar-refractivity contribution in [3.63, 3.8) is 0 Å². The first kappa shape index (κ1) is 21.5. The van der Waals surface area contributed by atoms with Crippen molar-refractivity contribution in [2.45, 2.75) is 95.9 Å². The summed E-state index contributed by atoms with van der Waals surface area (Å²) in [5.74, 6) is 1.36. The van der Waals surface area contributed by atoms with Crippen LogP contribution in [-0.4, -0.2) is 0 Å². The lowest BCUT2D eigenvalue weighted by Crippen LogP contribution is -2.34. The van der Waals surface area contributed by atoms with Crippen molar-refractivity contribution in [2.75, 3.05) is 0 Å². The summed E-state index contributed by atoms with van der Waals surface area (Å²) in [5, 5.41) is 0. The third-order valence-corrected chi connectivity index (χ3v) is 5.47. The molecule has 0 amide bonds. The highest BCUT2D eigenvalue weighted by Crippen LogP contribution is 2.48. The van der Waals surface area contributed by atoms with E-state index in [1.807, 2.05) is 0 Å². The van der Waals surface area contributed by atoms with E-state index >= 15 is 0 Å². The topological polar surface area (TPSA) is 0 Å². The smallest absolute Gasteiger partial charge is 0.0135 e. The van der Waals surface area contributed by atoms with Gasteiger partial charge in [0.25, 0.3) is 0 Å². The Kier molecular flexibility index (Phi) is 5.97. The Morgan fingerprint density at radius 3 is 1.67 bits per heavy atom. The Morgan fingerprint density at radius 2 is 1.33 bits per heavy atom. The predicted octanol–water partition coefficient (Wildman–Crippen LogP) is 8.05. The maximum absolute atomic E-state index is 2.62. The van der Waals surface area contributed by atoms with Crippen molar-refractivity contribution < 1.29 is 0 Å². The molecule has 2 atom stereocenters. The Bertz CT molecular complexity index is 486. The molecule has 24 heavy (non-hydrogen) atoms. The van der Waals surface area contributed by atoms with Gasteiger partial charge in [-0.05, 0) is 51.9 Å². The molecule has 0 radical (unpaired) electrons. The van der Waals surface area contributed by atoms with E-state index in [9.17, 15) is 0 Å². The molecule has 0 aromatic heterocycles. The SMILES string of the molecule is CC(C)(C)CC(C1C=C(C(C)(C)C)C=C(C(C)(C)C)C1)C(C)(C)C. The molecule has 0 bridgehead atoms. The van der Waals surface area contributed by atoms with Crippen LogP contribution in [0.4, 0.5) is 0 Å². The van der Waals surface area contributed by atoms with E-state index in [0.29, 0.717) is 22.7 Å². The largest absolute Gasteiger partial charge is 0.0770 e. The van der Waals surface area contributed by atoms with Gasteiger partial charge >= 0.3 is 0 Å². The molecule has 1 rings (SSSR count). The summed E-state index contributed by atoms with van der Waals surface area (Å²) >= 11 is 0. The quantitative estimate of drug-likeness (QED) is 0.480. The first-order valence-corrected chi connectivity index (χ1v) is 9.84. The molecule has 2 unspecified atom stereocenters. The first-order valence-electron chi connectivity index (χ1n) is 9.84. The minimum atomic E-state index is 0.222. The van der Waals surface area contributed by atoms with Gasteiger partial charge in [0, 0.05) is 0 Å². The molecule has 140 valence electrons. The summed E-state index contributed by atoms with van der Waals surface area (Å²) in [6.07, 6.45) is 7.64. The highest BCUT2D eigenvalue weighted by atomic mass is 14.4. The minimum Gasteiger partial charge on any atom is -0.0770 e. The second-order valence-electron chi connectivity index (χ2n) is 12.4. The van der Waals surface area contributed by atoms with E-state index in [0.717, 1.165) is 0 Å². The van der Waals surface area contributed by atoms with Gasteiger partial charge in [-0.15, -0.1) is 0 Å². The van der Waals surface area contributed by atoms with Crippen LogP contribution in [0.1, 0.15) is 95.9 Å². The molecule has 0 nitrogen and oxygen atoms in total. The molecule has 0 saturated heterocycles. The van der Waals surface area contributed by atoms with E-state index in [1.54, 1.807) is 5.57 Å². The van der Waals surface area contributed by atoms with Gasteiger partial charge in [-0.2, -0.15) is 0 Å². The first-order chi connectivity index (χ1) is 10.4. The van der Waals surface area contributed by atoms with Gasteiger partial charge in [0.2, 0.25) is 0 Å². The van der Waals surface area contributed by atoms with E-state index in [4.69, 9.17) is 0 Å². The monoisotopic (exact) mass is 332 g/mol. The number of hydrogen-bond donors (Lipinski definition) is 0. The summed E-state index contributed by atoms with van der Waals surface area (Å²) < 4.78 is 0. The second kappa shape index (κ2) is 6.65. The van der Waals surface area contributed by atoms with Crippen LogP contribution in [0.25, 0.3) is 0 Å². The maximum atomic E-state index is 2.62. The van der Waals surface area contributed by atoms with Crippen LogP contribution in [0.2, 0.25) is 0 Å². The molecule has 0 saturated carbocycles. The lowest BCUT2D eigenvalue weighted by molar-refractivity contribution is 0.118. The normalized spacial score (nSPS) is 22.1. The lowest BCUT2D eigenvalue weighted by Gasteiger charge is -2.44. The van der Waals surface area contributed by atoms with Gasteiger partial charge in [-0.1, -0.05) is 101 Å². The Balaban J connectivity index is 3.34. The van der Waals surface area contributed by atoms with Crippen LogP contribution in [0.3, 0.4) is 0 Å². The zero-order valence-corrected chi connectivity index (χ0v) is 18.7. The van der Waals surface area contributed by atoms with Gasteiger partial charge < -0.3 is 0 Å². The van der Waals surface area contributed by atoms with Gasteiger partial charge in [0.15, 0.2) is 0 Å². The summed E-state index contributed by atoms with van der Waals surface area (Å²) in [5.41, 5.74) is 4.34. The van der Waals surface area contributed by atoms with Crippen LogP contribution in [0.15, 0.2) is 23.3 Å². The Hall–Kier alpha value is -0.520. The van der Waals surface area contributed by atoms with Gasteiger partial charge in [-0.25, -0.2) is 0 Å². The average molecular weight is 333 g/mol. The maximum Gasteiger partial charge on any atom is -0.0135 e. The van der Waals surface area contributed by atoms with E-state index in [1.165, 1.54) is 18.4 Å². The van der Waals surface area contributed by atoms with Crippen molar-refractivity contribution in [2.24, 2.45) is 33.5 Å². The van der Waals surface area contributed by atoms with Gasteiger partial charge in [-0.3, -0.25) is 0 Å². The van der Waals surface area contributed by atoms with Crippen LogP contribution in [0, 0.1) is 33.5 Å². The molecule has 0 heteroatoms. The van der Waals surface area contributed by atoms with Crippen LogP contribution >= 0.6 is 0 Å². The molecule has 0 aliphatic heterocycles. The molecule has 0 spiro atoms. The lowest BCUT2D eigenvalue weighted by atomic mass is 9.61. The molecule has 0 fully saturated rings. The highest BCUT2D eigenvalue weighted by molar-refractivity contribution is 5.36. The van der Waals surface area contributed by atoms with Crippen molar-refractivity contribution in [1.29, 1.82) is 0 Å². The van der Waals surface area contributed by atoms with E-state index < -0.39 is 0 Å². The molecular formula is C24H44. The number of allylic oxidation sites excluding steroid dienone is 4. The van der Waals surface area contributed by atoms with Crippen LogP contribution < -0.4 is 0 Å². The molecule has 0 N–H and O–H groups in total. The highest BCUT2D eigenvalue weighted by Gasteiger charge is 2.38. The fraction of sp³-hybridized carbons (Fsp3) is 0.833. The van der Waals surface area contributed by atoms with Crippen molar-refractivity contribution in [1.82, 2.24) is 0 Å². The molecule has 1 aliphatic rings. The zero-order valence-electron chi connectivity index (χ0n) is 18.7. The molecule has 0 heterocycles. The molecule has 0 aromatic rings. The minimum absolute atomic E-state index is 0.222. The van der Waals surface area contributed by atoms with Crippen molar-refractivity contribution >= 4 is 0 Å². The van der Waals surface area contributed by atoms with Crippen LogP contribution in [0.5, 0.6) is 0 Å². The molecule has 0 aromatic carbocycles. The van der Waals surface area contributed by atoms with E-state index in [-0.39, 0.29) is 10.8 Å². The number of rotatable bonds is 2. The number of hydrogen-bond acceptors (Lipinski definition) is 0. The van der Waals surface area contributed by atoms with Crippen molar-refractivity contribution in [3.05, 3.63) is 23.3 Å². The van der Waals surface area contributed by atoms with Gasteiger partial charge in [0.05, 0.1) is 0 Å². The third-order valence-electron chi connectivity index (χ3n) is 5.47. The Labute approximate surface area is 153 Å². The second-order valence-corrected chi connectivity index (χ2v) is 12.4. The van der Waals surface area contributed by atoms with Crippen molar-refractivity contribution in [3.8, 4) is 0 Å². The fourth-order valence-electron chi connectivity index (χ4n) is 3.85. The summed E-state index contributed by atoms with van der Waals surface area (Å²) in [6, 6.07) is 0. The van der Waals surface area contributed by atoms with E-state index in [2.05, 4.69) is 95.2 Å². The van der Waals surface area contributed by atoms with Gasteiger partial charge in [0.1, 0.15) is 0 Å².